The van der Waals surface area contributed by atoms with Crippen LogP contribution >= 0.6 is 25.0 Å². The quantitative estimate of drug-likeness (QED) is 0.430. The molecule has 4 nitrogen and oxygen atoms in total. The SMILES string of the molecule is O=C1CC(S)C(=O)OSO1. The summed E-state index contributed by atoms with van der Waals surface area (Å²) < 4.78 is 8.67. The first-order chi connectivity index (χ1) is 4.70. The van der Waals surface area contributed by atoms with Gasteiger partial charge in [-0.05, 0) is 0 Å². The highest BCUT2D eigenvalue weighted by Crippen LogP contribution is 2.18. The number of hydrogen-bond donors (Lipinski definition) is 1. The molecule has 0 amide bonds. The molecule has 56 valence electrons. The number of thiol groups is 1. The summed E-state index contributed by atoms with van der Waals surface area (Å²) in [6.45, 7) is 0. The summed E-state index contributed by atoms with van der Waals surface area (Å²) in [4.78, 5) is 21.1. The molecule has 1 unspecified atom stereocenters. The van der Waals surface area contributed by atoms with Crippen molar-refractivity contribution in [2.75, 3.05) is 0 Å². The van der Waals surface area contributed by atoms with Gasteiger partial charge in [-0.25, -0.2) is 4.79 Å². The lowest BCUT2D eigenvalue weighted by atomic mass is 10.3. The van der Waals surface area contributed by atoms with Crippen LogP contribution in [0.2, 0.25) is 0 Å². The fourth-order valence-corrected chi connectivity index (χ4v) is 1.05. The van der Waals surface area contributed by atoms with Crippen LogP contribution in [0.1, 0.15) is 6.42 Å². The minimum atomic E-state index is -0.692. The molecule has 0 aliphatic carbocycles. The summed E-state index contributed by atoms with van der Waals surface area (Å²) in [6.07, 6.45) is -0.0328. The third kappa shape index (κ3) is 1.81. The number of hydrogen-bond acceptors (Lipinski definition) is 6. The Kier molecular flexibility index (Phi) is 2.44. The molecule has 1 aliphatic rings. The van der Waals surface area contributed by atoms with Crippen molar-refractivity contribution in [1.29, 1.82) is 0 Å². The Balaban J connectivity index is 2.57. The zero-order chi connectivity index (χ0) is 7.56. The van der Waals surface area contributed by atoms with Gasteiger partial charge in [-0.1, -0.05) is 0 Å². The van der Waals surface area contributed by atoms with E-state index in [2.05, 4.69) is 21.0 Å². The summed E-state index contributed by atoms with van der Waals surface area (Å²) >= 11 is 4.18. The number of rotatable bonds is 0. The van der Waals surface area contributed by atoms with Crippen LogP contribution in [0.4, 0.5) is 0 Å². The largest absolute Gasteiger partial charge is 0.355 e. The molecule has 10 heavy (non-hydrogen) atoms. The Morgan fingerprint density at radius 3 is 2.90 bits per heavy atom. The number of carbonyl (C=O) groups is 2. The molecule has 0 aromatic heterocycles. The molecule has 0 aromatic carbocycles. The van der Waals surface area contributed by atoms with Crippen molar-refractivity contribution in [3.63, 3.8) is 0 Å². The van der Waals surface area contributed by atoms with Crippen LogP contribution in [0, 0.1) is 0 Å². The summed E-state index contributed by atoms with van der Waals surface area (Å²) in [5.74, 6) is -1.03. The van der Waals surface area contributed by atoms with Crippen molar-refractivity contribution in [3.8, 4) is 0 Å². The van der Waals surface area contributed by atoms with E-state index >= 15 is 0 Å². The van der Waals surface area contributed by atoms with Gasteiger partial charge in [0.05, 0.1) is 6.42 Å². The van der Waals surface area contributed by atoms with Crippen LogP contribution in [0.15, 0.2) is 0 Å². The zero-order valence-electron chi connectivity index (χ0n) is 4.77. The lowest BCUT2D eigenvalue weighted by molar-refractivity contribution is -0.135. The van der Waals surface area contributed by atoms with Gasteiger partial charge in [-0.3, -0.25) is 4.79 Å². The second-order valence-corrected chi connectivity index (χ2v) is 2.74. The molecule has 1 rings (SSSR count). The molecule has 1 saturated heterocycles. The monoisotopic (exact) mass is 180 g/mol. The average Bonchev–Trinajstić information content (AvgIpc) is 1.96. The summed E-state index contributed by atoms with van der Waals surface area (Å²) in [6, 6.07) is 0. The normalized spacial score (nSPS) is 26.7. The molecule has 1 fully saturated rings. The maximum absolute atomic E-state index is 10.6. The summed E-state index contributed by atoms with van der Waals surface area (Å²) in [5, 5.41) is -0.692. The van der Waals surface area contributed by atoms with E-state index in [-0.39, 0.29) is 6.42 Å². The topological polar surface area (TPSA) is 52.6 Å². The van der Waals surface area contributed by atoms with Gasteiger partial charge in [0.2, 0.25) is 0 Å². The first-order valence-corrected chi connectivity index (χ1v) is 3.64. The molecule has 0 bridgehead atoms. The van der Waals surface area contributed by atoms with Crippen LogP contribution in [0.25, 0.3) is 0 Å². The Bertz CT molecular complexity index is 169. The minimum Gasteiger partial charge on any atom is -0.355 e. The molecule has 1 heterocycles. The van der Waals surface area contributed by atoms with Crippen LogP contribution in [-0.4, -0.2) is 17.2 Å². The highest BCUT2D eigenvalue weighted by atomic mass is 32.2. The smallest absolute Gasteiger partial charge is 0.334 e. The molecule has 0 radical (unpaired) electrons. The van der Waals surface area contributed by atoms with Crippen molar-refractivity contribution in [1.82, 2.24) is 0 Å². The molecule has 1 aliphatic heterocycles. The maximum atomic E-state index is 10.6. The van der Waals surface area contributed by atoms with E-state index in [0.29, 0.717) is 12.3 Å². The highest BCUT2D eigenvalue weighted by molar-refractivity contribution is 7.90. The van der Waals surface area contributed by atoms with Gasteiger partial charge in [-0.2, -0.15) is 12.6 Å². The highest BCUT2D eigenvalue weighted by Gasteiger charge is 2.25. The van der Waals surface area contributed by atoms with E-state index in [9.17, 15) is 9.59 Å². The Morgan fingerprint density at radius 2 is 2.20 bits per heavy atom. The molecule has 0 spiro atoms. The Hall–Kier alpha value is -0.360. The zero-order valence-corrected chi connectivity index (χ0v) is 6.48. The van der Waals surface area contributed by atoms with Crippen molar-refractivity contribution in [3.05, 3.63) is 0 Å². The lowest BCUT2D eigenvalue weighted by Gasteiger charge is -1.96. The van der Waals surface area contributed by atoms with Crippen molar-refractivity contribution < 1.29 is 18.0 Å². The Labute approximate surface area is 67.1 Å². The molecule has 1 atom stereocenters. The van der Waals surface area contributed by atoms with Gasteiger partial charge < -0.3 is 8.37 Å². The van der Waals surface area contributed by atoms with E-state index in [0.717, 1.165) is 0 Å². The van der Waals surface area contributed by atoms with E-state index in [1.807, 2.05) is 0 Å². The first kappa shape index (κ1) is 7.74. The second kappa shape index (κ2) is 3.16. The van der Waals surface area contributed by atoms with E-state index in [1.165, 1.54) is 0 Å². The second-order valence-electron chi connectivity index (χ2n) is 1.65. The lowest BCUT2D eigenvalue weighted by Crippen LogP contribution is -2.15. The van der Waals surface area contributed by atoms with Gasteiger partial charge in [0.1, 0.15) is 5.25 Å². The number of carbonyl (C=O) groups excluding carboxylic acids is 2. The van der Waals surface area contributed by atoms with Crippen molar-refractivity contribution in [2.24, 2.45) is 0 Å². The third-order valence-corrected chi connectivity index (χ3v) is 1.75. The molecule has 6 heteroatoms. The van der Waals surface area contributed by atoms with Gasteiger partial charge in [0.25, 0.3) is 12.3 Å². The van der Waals surface area contributed by atoms with E-state index < -0.39 is 17.2 Å². The van der Waals surface area contributed by atoms with Gasteiger partial charge in [-0.15, -0.1) is 0 Å². The van der Waals surface area contributed by atoms with Gasteiger partial charge >= 0.3 is 11.9 Å². The van der Waals surface area contributed by atoms with Gasteiger partial charge in [0, 0.05) is 0 Å². The van der Waals surface area contributed by atoms with Crippen LogP contribution < -0.4 is 0 Å². The molecule has 0 saturated carbocycles. The maximum Gasteiger partial charge on any atom is 0.334 e. The average molecular weight is 180 g/mol. The molecular weight excluding hydrogens is 176 g/mol. The molecule has 0 N–H and O–H groups in total. The van der Waals surface area contributed by atoms with Crippen LogP contribution in [0.5, 0.6) is 0 Å². The fraction of sp³-hybridized carbons (Fsp3) is 0.500. The van der Waals surface area contributed by atoms with E-state index in [4.69, 9.17) is 0 Å². The van der Waals surface area contributed by atoms with E-state index in [1.54, 1.807) is 0 Å². The predicted octanol–water partition coefficient (Wildman–Crippen LogP) is 0.338. The summed E-state index contributed by atoms with van der Waals surface area (Å²) in [7, 11) is 0. The molecule has 0 aromatic rings. The first-order valence-electron chi connectivity index (χ1n) is 2.46. The van der Waals surface area contributed by atoms with Crippen LogP contribution in [-0.2, 0) is 18.0 Å². The van der Waals surface area contributed by atoms with Crippen molar-refractivity contribution >= 4 is 36.9 Å². The minimum absolute atomic E-state index is 0.0328. The third-order valence-electron chi connectivity index (χ3n) is 0.875. The Morgan fingerprint density at radius 1 is 1.50 bits per heavy atom. The van der Waals surface area contributed by atoms with Crippen LogP contribution in [0.3, 0.4) is 0 Å². The standard InChI is InChI=1S/C4H4O4S2/c5-3-1-2(9)4(6)8-10-7-3/h2,9H,1H2. The predicted molar refractivity (Wildman–Crippen MR) is 37.2 cm³/mol. The molecular formula is C4H4O4S2. The fourth-order valence-electron chi connectivity index (χ4n) is 0.419. The summed E-state index contributed by atoms with van der Waals surface area (Å²) in [5.41, 5.74) is 0. The van der Waals surface area contributed by atoms with Gasteiger partial charge in [0.15, 0.2) is 0 Å². The van der Waals surface area contributed by atoms with Crippen molar-refractivity contribution in [2.45, 2.75) is 11.7 Å².